The topological polar surface area (TPSA) is 70.4 Å². The van der Waals surface area contributed by atoms with Gasteiger partial charge in [-0.25, -0.2) is 4.98 Å². The molecule has 10 heteroatoms. The van der Waals surface area contributed by atoms with Crippen molar-refractivity contribution in [2.24, 2.45) is 0 Å². The highest BCUT2D eigenvalue weighted by Gasteiger charge is 2.38. The number of halogens is 5. The Hall–Kier alpha value is -3.41. The van der Waals surface area contributed by atoms with Crippen LogP contribution >= 0.6 is 23.2 Å². The Kier molecular flexibility index (Phi) is 4.96. The number of hydrogen-bond donors (Lipinski definition) is 2. The molecule has 0 atom stereocenters. The van der Waals surface area contributed by atoms with Gasteiger partial charge >= 0.3 is 6.18 Å². The molecule has 2 N–H and O–H groups in total. The first-order chi connectivity index (χ1) is 14.6. The summed E-state index contributed by atoms with van der Waals surface area (Å²) in [5.41, 5.74) is -2.25. The van der Waals surface area contributed by atoms with Gasteiger partial charge in [-0.15, -0.1) is 6.42 Å². The third-order valence-electron chi connectivity index (χ3n) is 4.60. The molecular weight excluding hydrogens is 454 g/mol. The van der Waals surface area contributed by atoms with Gasteiger partial charge in [0.2, 0.25) is 0 Å². The molecule has 2 aromatic carbocycles. The number of rotatable bonds is 2. The van der Waals surface area contributed by atoms with Crippen molar-refractivity contribution < 1.29 is 18.3 Å². The van der Waals surface area contributed by atoms with Crippen LogP contribution in [-0.2, 0) is 6.18 Å². The van der Waals surface area contributed by atoms with E-state index in [1.54, 1.807) is 0 Å². The number of aromatic amines is 1. The first kappa shape index (κ1) is 20.8. The van der Waals surface area contributed by atoms with E-state index in [1.807, 2.05) is 0 Å². The second-order valence-electron chi connectivity index (χ2n) is 6.50. The SMILES string of the molecule is C#Cc1ccc(-c2cnc3c(-c4ccc(Cl)c(Cl)c4)c(C(F)(F)F)[nH]n3c2=O)c(O)c1. The number of phenolic OH excluding ortho intramolecular Hbond substituents is 1. The number of benzene rings is 2. The van der Waals surface area contributed by atoms with Crippen molar-refractivity contribution in [1.82, 2.24) is 14.6 Å². The standard InChI is InChI=1S/C21H10Cl2F3N3O2/c1-2-10-3-5-12(16(30)7-10)13-9-27-19-17(11-4-6-14(22)15(23)8-11)18(21(24,25)26)28-29(19)20(13)31/h1,3-9,28,30H. The number of aromatic nitrogens is 3. The Morgan fingerprint density at radius 3 is 2.45 bits per heavy atom. The number of nitrogens with zero attached hydrogens (tertiary/aromatic N) is 2. The minimum absolute atomic E-state index is 0.0455. The maximum absolute atomic E-state index is 13.8. The molecule has 0 radical (unpaired) electrons. The fourth-order valence-corrected chi connectivity index (χ4v) is 3.48. The number of aromatic hydroxyl groups is 1. The predicted molar refractivity (Wildman–Crippen MR) is 111 cm³/mol. The van der Waals surface area contributed by atoms with E-state index >= 15 is 0 Å². The van der Waals surface area contributed by atoms with E-state index in [0.29, 0.717) is 10.1 Å². The zero-order chi connectivity index (χ0) is 22.5. The van der Waals surface area contributed by atoms with Crippen molar-refractivity contribution in [2.45, 2.75) is 6.18 Å². The lowest BCUT2D eigenvalue weighted by atomic mass is 10.0. The highest BCUT2D eigenvalue weighted by atomic mass is 35.5. The summed E-state index contributed by atoms with van der Waals surface area (Å²) in [5.74, 6) is 2.03. The molecule has 0 amide bonds. The third kappa shape index (κ3) is 3.52. The number of alkyl halides is 3. The molecule has 31 heavy (non-hydrogen) atoms. The van der Waals surface area contributed by atoms with E-state index in [0.717, 1.165) is 6.20 Å². The maximum atomic E-state index is 13.8. The molecular formula is C21H10Cl2F3N3O2. The van der Waals surface area contributed by atoms with Crippen molar-refractivity contribution in [2.75, 3.05) is 0 Å². The van der Waals surface area contributed by atoms with Gasteiger partial charge in [0.05, 0.1) is 21.2 Å². The van der Waals surface area contributed by atoms with E-state index in [9.17, 15) is 23.1 Å². The van der Waals surface area contributed by atoms with Crippen LogP contribution in [0, 0.1) is 12.3 Å². The lowest BCUT2D eigenvalue weighted by Gasteiger charge is -2.08. The molecule has 0 bridgehead atoms. The zero-order valence-electron chi connectivity index (χ0n) is 15.3. The fraction of sp³-hybridized carbons (Fsp3) is 0.0476. The first-order valence-electron chi connectivity index (χ1n) is 8.58. The molecule has 5 nitrogen and oxygen atoms in total. The van der Waals surface area contributed by atoms with Gasteiger partial charge in [-0.1, -0.05) is 35.2 Å². The number of phenols is 1. The Morgan fingerprint density at radius 2 is 1.84 bits per heavy atom. The molecule has 2 heterocycles. The van der Waals surface area contributed by atoms with Gasteiger partial charge in [-0.3, -0.25) is 9.89 Å². The van der Waals surface area contributed by atoms with E-state index in [4.69, 9.17) is 29.6 Å². The van der Waals surface area contributed by atoms with Gasteiger partial charge in [0, 0.05) is 17.3 Å². The highest BCUT2D eigenvalue weighted by molar-refractivity contribution is 6.42. The van der Waals surface area contributed by atoms with E-state index in [-0.39, 0.29) is 43.7 Å². The summed E-state index contributed by atoms with van der Waals surface area (Å²) in [7, 11) is 0. The molecule has 0 aliphatic rings. The number of fused-ring (bicyclic) bond motifs is 1. The van der Waals surface area contributed by atoms with Crippen molar-refractivity contribution in [3.05, 3.63) is 74.3 Å². The van der Waals surface area contributed by atoms with Crippen molar-refractivity contribution in [3.8, 4) is 40.3 Å². The fourth-order valence-electron chi connectivity index (χ4n) is 3.18. The van der Waals surface area contributed by atoms with E-state index < -0.39 is 17.4 Å². The molecule has 4 aromatic rings. The van der Waals surface area contributed by atoms with Crippen LogP contribution in [-0.4, -0.2) is 19.7 Å². The molecule has 0 saturated carbocycles. The predicted octanol–water partition coefficient (Wildman–Crippen LogP) is 5.37. The average molecular weight is 464 g/mol. The van der Waals surface area contributed by atoms with Crippen LogP contribution in [0.2, 0.25) is 10.0 Å². The number of nitrogens with one attached hydrogen (secondary N) is 1. The molecule has 0 aliphatic heterocycles. The molecule has 0 spiro atoms. The minimum atomic E-state index is -4.82. The largest absolute Gasteiger partial charge is 0.507 e. The van der Waals surface area contributed by atoms with Gasteiger partial charge < -0.3 is 5.11 Å². The van der Waals surface area contributed by atoms with Crippen LogP contribution in [0.5, 0.6) is 5.75 Å². The Bertz CT molecular complexity index is 1450. The van der Waals surface area contributed by atoms with Crippen LogP contribution in [0.4, 0.5) is 13.2 Å². The summed E-state index contributed by atoms with van der Waals surface area (Å²) >= 11 is 11.8. The summed E-state index contributed by atoms with van der Waals surface area (Å²) in [6, 6.07) is 8.09. The summed E-state index contributed by atoms with van der Waals surface area (Å²) in [6.45, 7) is 0. The number of H-pyrrole nitrogens is 1. The summed E-state index contributed by atoms with van der Waals surface area (Å²) in [5, 5.41) is 12.5. The van der Waals surface area contributed by atoms with Crippen LogP contribution in [0.15, 0.2) is 47.4 Å². The van der Waals surface area contributed by atoms with Gasteiger partial charge in [-0.2, -0.15) is 17.7 Å². The van der Waals surface area contributed by atoms with E-state index in [2.05, 4.69) is 16.0 Å². The highest BCUT2D eigenvalue weighted by Crippen LogP contribution is 2.40. The lowest BCUT2D eigenvalue weighted by molar-refractivity contribution is -0.140. The van der Waals surface area contributed by atoms with Crippen molar-refractivity contribution in [1.29, 1.82) is 0 Å². The zero-order valence-corrected chi connectivity index (χ0v) is 16.8. The number of terminal acetylenes is 1. The Labute approximate surface area is 182 Å². The molecule has 0 unspecified atom stereocenters. The van der Waals surface area contributed by atoms with Gasteiger partial charge in [-0.05, 0) is 35.9 Å². The van der Waals surface area contributed by atoms with Gasteiger partial charge in [0.1, 0.15) is 11.4 Å². The van der Waals surface area contributed by atoms with Crippen molar-refractivity contribution in [3.63, 3.8) is 0 Å². The summed E-state index contributed by atoms with van der Waals surface area (Å²) < 4.78 is 42.0. The minimum Gasteiger partial charge on any atom is -0.507 e. The van der Waals surface area contributed by atoms with Gasteiger partial charge in [0.25, 0.3) is 5.56 Å². The molecule has 0 saturated heterocycles. The molecule has 156 valence electrons. The van der Waals surface area contributed by atoms with Crippen LogP contribution in [0.1, 0.15) is 11.3 Å². The second kappa shape index (κ2) is 7.38. The summed E-state index contributed by atoms with van der Waals surface area (Å²) in [4.78, 5) is 17.1. The summed E-state index contributed by atoms with van der Waals surface area (Å²) in [6.07, 6.45) is 1.55. The third-order valence-corrected chi connectivity index (χ3v) is 5.34. The molecule has 4 rings (SSSR count). The Balaban J connectivity index is 2.02. The van der Waals surface area contributed by atoms with Gasteiger partial charge in [0.15, 0.2) is 5.65 Å². The van der Waals surface area contributed by atoms with Crippen LogP contribution < -0.4 is 5.56 Å². The first-order valence-corrected chi connectivity index (χ1v) is 9.33. The average Bonchev–Trinajstić information content (AvgIpc) is 3.12. The molecule has 2 aromatic heterocycles. The lowest BCUT2D eigenvalue weighted by Crippen LogP contribution is -2.18. The van der Waals surface area contributed by atoms with Crippen molar-refractivity contribution >= 4 is 28.8 Å². The molecule has 0 aliphatic carbocycles. The normalized spacial score (nSPS) is 11.6. The quantitative estimate of drug-likeness (QED) is 0.392. The van der Waals surface area contributed by atoms with Crippen LogP contribution in [0.3, 0.4) is 0 Å². The maximum Gasteiger partial charge on any atom is 0.433 e. The monoisotopic (exact) mass is 463 g/mol. The van der Waals surface area contributed by atoms with Crippen LogP contribution in [0.25, 0.3) is 27.9 Å². The number of hydrogen-bond acceptors (Lipinski definition) is 3. The van der Waals surface area contributed by atoms with E-state index in [1.165, 1.54) is 36.4 Å². The molecule has 0 fully saturated rings. The smallest absolute Gasteiger partial charge is 0.433 e. The second-order valence-corrected chi connectivity index (χ2v) is 7.32. The Morgan fingerprint density at radius 1 is 1.10 bits per heavy atom.